The topological polar surface area (TPSA) is 29.3 Å². The lowest BCUT2D eigenvalue weighted by Crippen LogP contribution is -2.18. The largest absolute Gasteiger partial charge is 0.308 e. The molecule has 0 aliphatic carbocycles. The smallest absolute Gasteiger partial charge is 0.136 e. The fourth-order valence-corrected chi connectivity index (χ4v) is 2.41. The van der Waals surface area contributed by atoms with E-state index in [1.165, 1.54) is 12.1 Å². The number of pyridine rings is 1. The zero-order chi connectivity index (χ0) is 10.3. The van der Waals surface area contributed by atoms with Gasteiger partial charge in [-0.1, -0.05) is 13.0 Å². The van der Waals surface area contributed by atoms with Crippen molar-refractivity contribution in [2.24, 2.45) is 5.92 Å². The lowest BCUT2D eigenvalue weighted by Gasteiger charge is -2.14. The second-order valence-electron chi connectivity index (χ2n) is 4.31. The van der Waals surface area contributed by atoms with Crippen LogP contribution in [0.4, 0.5) is 0 Å². The average Bonchev–Trinajstić information content (AvgIpc) is 2.83. The summed E-state index contributed by atoms with van der Waals surface area (Å²) in [7, 11) is 0. The van der Waals surface area contributed by atoms with Crippen LogP contribution < -0.4 is 5.32 Å². The molecule has 0 bridgehead atoms. The first kappa shape index (κ1) is 8.92. The third kappa shape index (κ3) is 1.35. The highest BCUT2D eigenvalue weighted by atomic mass is 15.1. The highest BCUT2D eigenvalue weighted by Gasteiger charge is 2.26. The molecule has 3 rings (SSSR count). The van der Waals surface area contributed by atoms with Crippen molar-refractivity contribution >= 4 is 5.65 Å². The van der Waals surface area contributed by atoms with Crippen LogP contribution in [-0.4, -0.2) is 15.9 Å². The molecule has 1 saturated heterocycles. The second kappa shape index (κ2) is 3.35. The van der Waals surface area contributed by atoms with E-state index >= 15 is 0 Å². The van der Waals surface area contributed by atoms with E-state index in [9.17, 15) is 0 Å². The van der Waals surface area contributed by atoms with E-state index in [1.807, 2.05) is 18.3 Å². The molecule has 0 saturated carbocycles. The Labute approximate surface area is 89.1 Å². The number of imidazole rings is 1. The Kier molecular flexibility index (Phi) is 1.99. The molecule has 2 aromatic heterocycles. The quantitative estimate of drug-likeness (QED) is 0.764. The van der Waals surface area contributed by atoms with E-state index < -0.39 is 0 Å². The summed E-state index contributed by atoms with van der Waals surface area (Å²) in [4.78, 5) is 4.42. The van der Waals surface area contributed by atoms with Crippen molar-refractivity contribution in [1.82, 2.24) is 14.7 Å². The summed E-state index contributed by atoms with van der Waals surface area (Å²) in [6.45, 7) is 3.42. The van der Waals surface area contributed by atoms with Gasteiger partial charge in [0, 0.05) is 6.20 Å². The van der Waals surface area contributed by atoms with Gasteiger partial charge in [0.25, 0.3) is 0 Å². The Bertz CT molecular complexity index is 474. The lowest BCUT2D eigenvalue weighted by molar-refractivity contribution is 0.489. The summed E-state index contributed by atoms with van der Waals surface area (Å²) in [6.07, 6.45) is 5.34. The van der Waals surface area contributed by atoms with E-state index in [0.29, 0.717) is 12.0 Å². The third-order valence-corrected chi connectivity index (χ3v) is 3.30. The maximum absolute atomic E-state index is 4.42. The highest BCUT2D eigenvalue weighted by Crippen LogP contribution is 2.29. The Hall–Kier alpha value is -1.35. The van der Waals surface area contributed by atoms with E-state index in [0.717, 1.165) is 12.2 Å². The minimum absolute atomic E-state index is 0.461. The van der Waals surface area contributed by atoms with Crippen LogP contribution in [0.2, 0.25) is 0 Å². The Morgan fingerprint density at radius 3 is 3.20 bits per heavy atom. The first-order chi connectivity index (χ1) is 7.36. The molecule has 0 spiro atoms. The number of fused-ring (bicyclic) bond motifs is 1. The van der Waals surface area contributed by atoms with Crippen LogP contribution in [0.5, 0.6) is 0 Å². The SMILES string of the molecule is C[C@H]1CCN[C@@H]1c1cnc2ccccn12. The van der Waals surface area contributed by atoms with Gasteiger partial charge in [-0.15, -0.1) is 0 Å². The minimum Gasteiger partial charge on any atom is -0.308 e. The molecule has 3 heteroatoms. The number of hydrogen-bond acceptors (Lipinski definition) is 2. The van der Waals surface area contributed by atoms with Gasteiger partial charge in [-0.3, -0.25) is 0 Å². The van der Waals surface area contributed by atoms with Gasteiger partial charge in [-0.2, -0.15) is 0 Å². The Balaban J connectivity index is 2.10. The predicted molar refractivity (Wildman–Crippen MR) is 59.7 cm³/mol. The first-order valence-electron chi connectivity index (χ1n) is 5.51. The van der Waals surface area contributed by atoms with Crippen molar-refractivity contribution in [1.29, 1.82) is 0 Å². The lowest BCUT2D eigenvalue weighted by atomic mass is 10.0. The minimum atomic E-state index is 0.461. The number of rotatable bonds is 1. The molecule has 2 aromatic rings. The molecule has 2 atom stereocenters. The molecular weight excluding hydrogens is 186 g/mol. The van der Waals surface area contributed by atoms with Gasteiger partial charge in [0.15, 0.2) is 0 Å². The Morgan fingerprint density at radius 2 is 2.40 bits per heavy atom. The van der Waals surface area contributed by atoms with E-state index in [2.05, 4.69) is 33.9 Å². The maximum Gasteiger partial charge on any atom is 0.136 e. The average molecular weight is 201 g/mol. The predicted octanol–water partition coefficient (Wildman–Crippen LogP) is 2.00. The summed E-state index contributed by atoms with van der Waals surface area (Å²) in [5.41, 5.74) is 2.32. The molecule has 1 aliphatic heterocycles. The van der Waals surface area contributed by atoms with Crippen LogP contribution in [-0.2, 0) is 0 Å². The normalized spacial score (nSPS) is 26.2. The van der Waals surface area contributed by atoms with E-state index in [4.69, 9.17) is 0 Å². The molecule has 0 aromatic carbocycles. The third-order valence-electron chi connectivity index (χ3n) is 3.30. The summed E-state index contributed by atoms with van der Waals surface area (Å²) in [5, 5.41) is 3.54. The van der Waals surface area contributed by atoms with Gasteiger partial charge in [-0.05, 0) is 31.0 Å². The van der Waals surface area contributed by atoms with Gasteiger partial charge in [0.2, 0.25) is 0 Å². The maximum atomic E-state index is 4.42. The molecule has 3 heterocycles. The van der Waals surface area contributed by atoms with Gasteiger partial charge >= 0.3 is 0 Å². The fraction of sp³-hybridized carbons (Fsp3) is 0.417. The van der Waals surface area contributed by atoms with Crippen molar-refractivity contribution in [2.45, 2.75) is 19.4 Å². The molecule has 0 radical (unpaired) electrons. The van der Waals surface area contributed by atoms with Crippen LogP contribution >= 0.6 is 0 Å². The summed E-state index contributed by atoms with van der Waals surface area (Å²) >= 11 is 0. The zero-order valence-electron chi connectivity index (χ0n) is 8.85. The molecular formula is C12H15N3. The van der Waals surface area contributed by atoms with Crippen LogP contribution in [0.15, 0.2) is 30.6 Å². The van der Waals surface area contributed by atoms with Crippen LogP contribution in [0.1, 0.15) is 25.1 Å². The molecule has 1 aliphatic rings. The monoisotopic (exact) mass is 201 g/mol. The van der Waals surface area contributed by atoms with Crippen LogP contribution in [0.25, 0.3) is 5.65 Å². The zero-order valence-corrected chi connectivity index (χ0v) is 8.85. The molecule has 0 amide bonds. The van der Waals surface area contributed by atoms with Crippen molar-refractivity contribution in [3.8, 4) is 0 Å². The highest BCUT2D eigenvalue weighted by molar-refractivity contribution is 5.40. The number of nitrogens with zero attached hydrogens (tertiary/aromatic N) is 2. The molecule has 1 fully saturated rings. The van der Waals surface area contributed by atoms with Crippen molar-refractivity contribution in [3.05, 3.63) is 36.3 Å². The molecule has 15 heavy (non-hydrogen) atoms. The van der Waals surface area contributed by atoms with Gasteiger partial charge in [0.05, 0.1) is 17.9 Å². The van der Waals surface area contributed by atoms with Gasteiger partial charge in [0.1, 0.15) is 5.65 Å². The van der Waals surface area contributed by atoms with Crippen LogP contribution in [0.3, 0.4) is 0 Å². The van der Waals surface area contributed by atoms with Gasteiger partial charge in [-0.25, -0.2) is 4.98 Å². The van der Waals surface area contributed by atoms with Crippen molar-refractivity contribution in [3.63, 3.8) is 0 Å². The molecule has 3 nitrogen and oxygen atoms in total. The molecule has 0 unspecified atom stereocenters. The standard InChI is InChI=1S/C12H15N3/c1-9-5-6-13-12(9)10-8-14-11-4-2-3-7-15(10)11/h2-4,7-9,12-13H,5-6H2,1H3/t9-,12-/m0/s1. The molecule has 1 N–H and O–H groups in total. The molecule has 78 valence electrons. The number of hydrogen-bond donors (Lipinski definition) is 1. The van der Waals surface area contributed by atoms with E-state index in [1.54, 1.807) is 0 Å². The van der Waals surface area contributed by atoms with Crippen molar-refractivity contribution in [2.75, 3.05) is 6.54 Å². The summed E-state index contributed by atoms with van der Waals surface area (Å²) < 4.78 is 2.18. The Morgan fingerprint density at radius 1 is 1.47 bits per heavy atom. The second-order valence-corrected chi connectivity index (χ2v) is 4.31. The van der Waals surface area contributed by atoms with E-state index in [-0.39, 0.29) is 0 Å². The summed E-state index contributed by atoms with van der Waals surface area (Å²) in [6, 6.07) is 6.58. The van der Waals surface area contributed by atoms with Gasteiger partial charge < -0.3 is 9.72 Å². The summed E-state index contributed by atoms with van der Waals surface area (Å²) in [5.74, 6) is 0.699. The van der Waals surface area contributed by atoms with Crippen LogP contribution in [0, 0.1) is 5.92 Å². The number of nitrogens with one attached hydrogen (secondary N) is 1. The van der Waals surface area contributed by atoms with Crippen molar-refractivity contribution < 1.29 is 0 Å². The fourth-order valence-electron chi connectivity index (χ4n) is 2.41. The number of aromatic nitrogens is 2. The first-order valence-corrected chi connectivity index (χ1v) is 5.51.